The molecule has 0 radical (unpaired) electrons. The summed E-state index contributed by atoms with van der Waals surface area (Å²) < 4.78 is 9.96. The van der Waals surface area contributed by atoms with Crippen molar-refractivity contribution in [2.45, 2.75) is 25.8 Å². The fourth-order valence-electron chi connectivity index (χ4n) is 1.48. The van der Waals surface area contributed by atoms with Crippen molar-refractivity contribution in [3.8, 4) is 0 Å². The molecule has 0 saturated carbocycles. The van der Waals surface area contributed by atoms with Crippen LogP contribution in [0.1, 0.15) is 29.2 Å². The normalized spacial score (nSPS) is 12.1. The molecule has 1 unspecified atom stereocenters. The average molecular weight is 255 g/mol. The maximum atomic E-state index is 11.7. The molecule has 1 aromatic rings. The van der Waals surface area contributed by atoms with Crippen LogP contribution in [0.15, 0.2) is 16.5 Å². The number of ether oxygens (including phenoxy) is 1. The van der Waals surface area contributed by atoms with Crippen molar-refractivity contribution in [1.29, 1.82) is 0 Å². The SMILES string of the molecule is COCCCC(NC(=O)c1ccc(C)o1)C(=O)O. The molecule has 0 aromatic carbocycles. The first-order chi connectivity index (χ1) is 8.54. The number of hydrogen-bond acceptors (Lipinski definition) is 4. The Morgan fingerprint density at radius 3 is 2.72 bits per heavy atom. The van der Waals surface area contributed by atoms with Crippen LogP contribution < -0.4 is 5.32 Å². The van der Waals surface area contributed by atoms with E-state index in [1.54, 1.807) is 20.1 Å². The van der Waals surface area contributed by atoms with Crippen LogP contribution in [0.4, 0.5) is 0 Å². The minimum atomic E-state index is -1.07. The minimum Gasteiger partial charge on any atom is -0.480 e. The molecule has 1 atom stereocenters. The second kappa shape index (κ2) is 6.80. The number of nitrogens with one attached hydrogen (secondary N) is 1. The van der Waals surface area contributed by atoms with E-state index in [4.69, 9.17) is 14.3 Å². The lowest BCUT2D eigenvalue weighted by atomic mass is 10.1. The van der Waals surface area contributed by atoms with Crippen molar-refractivity contribution in [3.63, 3.8) is 0 Å². The topological polar surface area (TPSA) is 88.8 Å². The summed E-state index contributed by atoms with van der Waals surface area (Å²) in [5.41, 5.74) is 0. The number of hydrogen-bond donors (Lipinski definition) is 2. The van der Waals surface area contributed by atoms with E-state index in [9.17, 15) is 9.59 Å². The van der Waals surface area contributed by atoms with Gasteiger partial charge in [0.05, 0.1) is 0 Å². The van der Waals surface area contributed by atoms with Gasteiger partial charge in [0.2, 0.25) is 0 Å². The highest BCUT2D eigenvalue weighted by atomic mass is 16.5. The third-order valence-corrected chi connectivity index (χ3v) is 2.41. The van der Waals surface area contributed by atoms with Crippen LogP contribution in [0.25, 0.3) is 0 Å². The van der Waals surface area contributed by atoms with Gasteiger partial charge >= 0.3 is 5.97 Å². The molecule has 1 heterocycles. The van der Waals surface area contributed by atoms with Gasteiger partial charge < -0.3 is 19.6 Å². The molecule has 6 nitrogen and oxygen atoms in total. The van der Waals surface area contributed by atoms with Gasteiger partial charge in [0, 0.05) is 13.7 Å². The summed E-state index contributed by atoms with van der Waals surface area (Å²) in [7, 11) is 1.54. The van der Waals surface area contributed by atoms with E-state index in [0.717, 1.165) is 0 Å². The molecular formula is C12H17NO5. The largest absolute Gasteiger partial charge is 0.480 e. The molecule has 1 rings (SSSR count). The van der Waals surface area contributed by atoms with E-state index in [2.05, 4.69) is 5.32 Å². The van der Waals surface area contributed by atoms with Gasteiger partial charge in [0.15, 0.2) is 5.76 Å². The highest BCUT2D eigenvalue weighted by Gasteiger charge is 2.21. The van der Waals surface area contributed by atoms with Gasteiger partial charge in [0.1, 0.15) is 11.8 Å². The Balaban J connectivity index is 2.55. The molecule has 0 fully saturated rings. The summed E-state index contributed by atoms with van der Waals surface area (Å²) in [5.74, 6) is -0.868. The Hall–Kier alpha value is -1.82. The smallest absolute Gasteiger partial charge is 0.326 e. The Bertz CT molecular complexity index is 412. The Morgan fingerprint density at radius 2 is 2.22 bits per heavy atom. The highest BCUT2D eigenvalue weighted by Crippen LogP contribution is 2.07. The van der Waals surface area contributed by atoms with Crippen LogP contribution in [0.3, 0.4) is 0 Å². The lowest BCUT2D eigenvalue weighted by molar-refractivity contribution is -0.139. The zero-order chi connectivity index (χ0) is 13.5. The van der Waals surface area contributed by atoms with Crippen LogP contribution in [0.5, 0.6) is 0 Å². The minimum absolute atomic E-state index is 0.116. The van der Waals surface area contributed by atoms with Crippen molar-refractivity contribution in [2.24, 2.45) is 0 Å². The van der Waals surface area contributed by atoms with Gasteiger partial charge in [-0.15, -0.1) is 0 Å². The molecule has 0 saturated heterocycles. The molecule has 0 aliphatic carbocycles. The first-order valence-corrected chi connectivity index (χ1v) is 5.63. The van der Waals surface area contributed by atoms with Crippen LogP contribution in [-0.2, 0) is 9.53 Å². The molecule has 0 bridgehead atoms. The molecule has 6 heteroatoms. The van der Waals surface area contributed by atoms with E-state index >= 15 is 0 Å². The summed E-state index contributed by atoms with van der Waals surface area (Å²) >= 11 is 0. The summed E-state index contributed by atoms with van der Waals surface area (Å²) in [4.78, 5) is 22.7. The average Bonchev–Trinajstić information content (AvgIpc) is 2.74. The van der Waals surface area contributed by atoms with Crippen molar-refractivity contribution >= 4 is 11.9 Å². The number of amides is 1. The van der Waals surface area contributed by atoms with Crippen molar-refractivity contribution < 1.29 is 23.8 Å². The van der Waals surface area contributed by atoms with Crippen LogP contribution in [0.2, 0.25) is 0 Å². The molecule has 18 heavy (non-hydrogen) atoms. The van der Waals surface area contributed by atoms with E-state index in [0.29, 0.717) is 25.2 Å². The molecule has 0 spiro atoms. The number of aliphatic carboxylic acids is 1. The van der Waals surface area contributed by atoms with Crippen molar-refractivity contribution in [1.82, 2.24) is 5.32 Å². The van der Waals surface area contributed by atoms with Crippen LogP contribution in [0, 0.1) is 6.92 Å². The van der Waals surface area contributed by atoms with Gasteiger partial charge in [-0.25, -0.2) is 4.79 Å². The number of methoxy groups -OCH3 is 1. The van der Waals surface area contributed by atoms with E-state index in [1.807, 2.05) is 0 Å². The lowest BCUT2D eigenvalue weighted by Crippen LogP contribution is -2.40. The maximum Gasteiger partial charge on any atom is 0.326 e. The second-order valence-electron chi connectivity index (χ2n) is 3.91. The summed E-state index contributed by atoms with van der Waals surface area (Å²) in [6, 6.07) is 2.23. The predicted molar refractivity (Wildman–Crippen MR) is 63.4 cm³/mol. The monoisotopic (exact) mass is 255 g/mol. The number of carbonyl (C=O) groups is 2. The zero-order valence-corrected chi connectivity index (χ0v) is 10.4. The van der Waals surface area contributed by atoms with E-state index in [1.165, 1.54) is 6.07 Å². The summed E-state index contributed by atoms with van der Waals surface area (Å²) in [5, 5.41) is 11.4. The van der Waals surface area contributed by atoms with Gasteiger partial charge in [-0.2, -0.15) is 0 Å². The van der Waals surface area contributed by atoms with E-state index in [-0.39, 0.29) is 5.76 Å². The summed E-state index contributed by atoms with van der Waals surface area (Å²) in [6.07, 6.45) is 0.875. The third-order valence-electron chi connectivity index (χ3n) is 2.41. The Labute approximate surface area is 105 Å². The standard InChI is InChI=1S/C12H17NO5/c1-8-5-6-10(18-8)11(14)13-9(12(15)16)4-3-7-17-2/h5-6,9H,3-4,7H2,1-2H3,(H,13,14)(H,15,16). The number of aryl methyl sites for hydroxylation is 1. The van der Waals surface area contributed by atoms with Gasteiger partial charge in [-0.1, -0.05) is 0 Å². The predicted octanol–water partition coefficient (Wildman–Crippen LogP) is 1.20. The number of rotatable bonds is 7. The first-order valence-electron chi connectivity index (χ1n) is 5.63. The zero-order valence-electron chi connectivity index (χ0n) is 10.4. The third kappa shape index (κ3) is 4.21. The van der Waals surface area contributed by atoms with Gasteiger partial charge in [-0.3, -0.25) is 4.79 Å². The number of carboxylic acid groups (broad SMARTS) is 1. The fourth-order valence-corrected chi connectivity index (χ4v) is 1.48. The van der Waals surface area contributed by atoms with Crippen molar-refractivity contribution in [3.05, 3.63) is 23.7 Å². The number of carboxylic acids is 1. The molecule has 0 aliphatic rings. The van der Waals surface area contributed by atoms with Crippen LogP contribution >= 0.6 is 0 Å². The lowest BCUT2D eigenvalue weighted by Gasteiger charge is -2.13. The van der Waals surface area contributed by atoms with Crippen molar-refractivity contribution in [2.75, 3.05) is 13.7 Å². The molecule has 2 N–H and O–H groups in total. The van der Waals surface area contributed by atoms with Gasteiger partial charge in [0.25, 0.3) is 5.91 Å². The fraction of sp³-hybridized carbons (Fsp3) is 0.500. The first kappa shape index (κ1) is 14.2. The highest BCUT2D eigenvalue weighted by molar-refractivity contribution is 5.94. The van der Waals surface area contributed by atoms with Crippen LogP contribution in [-0.4, -0.2) is 36.7 Å². The quantitative estimate of drug-likeness (QED) is 0.714. The Morgan fingerprint density at radius 1 is 1.50 bits per heavy atom. The maximum absolute atomic E-state index is 11.7. The molecule has 100 valence electrons. The summed E-state index contributed by atoms with van der Waals surface area (Å²) in [6.45, 7) is 2.17. The van der Waals surface area contributed by atoms with Gasteiger partial charge in [-0.05, 0) is 31.9 Å². The molecular weight excluding hydrogens is 238 g/mol. The molecule has 1 aromatic heterocycles. The molecule has 1 amide bonds. The Kier molecular flexibility index (Phi) is 5.38. The molecule has 0 aliphatic heterocycles. The number of carbonyl (C=O) groups excluding carboxylic acids is 1. The van der Waals surface area contributed by atoms with E-state index < -0.39 is 17.9 Å². The number of furan rings is 1. The second-order valence-corrected chi connectivity index (χ2v) is 3.91.